The number of nitrogens with zero attached hydrogens (tertiary/aromatic N) is 1. The highest BCUT2D eigenvalue weighted by molar-refractivity contribution is 5.92. The molecule has 2 rings (SSSR count). The van der Waals surface area contributed by atoms with E-state index in [-0.39, 0.29) is 18.1 Å². The highest BCUT2D eigenvalue weighted by Crippen LogP contribution is 2.13. The topological polar surface area (TPSA) is 41.6 Å². The Balaban J connectivity index is 1.88. The van der Waals surface area contributed by atoms with Gasteiger partial charge in [0.2, 0.25) is 5.91 Å². The number of morpholine rings is 1. The third kappa shape index (κ3) is 3.48. The molecule has 98 valence electrons. The number of halogens is 2. The van der Waals surface area contributed by atoms with Crippen LogP contribution in [0.3, 0.4) is 0 Å². The van der Waals surface area contributed by atoms with Crippen LogP contribution < -0.4 is 5.32 Å². The Morgan fingerprint density at radius 1 is 1.28 bits per heavy atom. The summed E-state index contributed by atoms with van der Waals surface area (Å²) in [6, 6.07) is 3.28. The van der Waals surface area contributed by atoms with Gasteiger partial charge in [0, 0.05) is 24.8 Å². The van der Waals surface area contributed by atoms with Gasteiger partial charge in [0.05, 0.1) is 19.8 Å². The van der Waals surface area contributed by atoms with Crippen molar-refractivity contribution in [3.05, 3.63) is 29.8 Å². The van der Waals surface area contributed by atoms with Gasteiger partial charge in [-0.3, -0.25) is 9.69 Å². The lowest BCUT2D eigenvalue weighted by Crippen LogP contribution is -2.41. The minimum atomic E-state index is -0.973. The van der Waals surface area contributed by atoms with E-state index in [1.165, 1.54) is 6.07 Å². The average molecular weight is 256 g/mol. The summed E-state index contributed by atoms with van der Waals surface area (Å²) in [7, 11) is 0. The van der Waals surface area contributed by atoms with Crippen LogP contribution in [-0.4, -0.2) is 43.7 Å². The molecule has 0 spiro atoms. The van der Waals surface area contributed by atoms with Gasteiger partial charge in [-0.2, -0.15) is 0 Å². The van der Waals surface area contributed by atoms with Crippen molar-refractivity contribution in [3.8, 4) is 0 Å². The molecule has 0 saturated carbocycles. The number of ether oxygens (including phenoxy) is 1. The maximum Gasteiger partial charge on any atom is 0.238 e. The van der Waals surface area contributed by atoms with Crippen molar-refractivity contribution in [1.29, 1.82) is 0 Å². The molecule has 1 N–H and O–H groups in total. The lowest BCUT2D eigenvalue weighted by Gasteiger charge is -2.25. The molecule has 18 heavy (non-hydrogen) atoms. The summed E-state index contributed by atoms with van der Waals surface area (Å²) < 4.78 is 30.8. The Labute approximate surface area is 104 Å². The van der Waals surface area contributed by atoms with Crippen molar-refractivity contribution >= 4 is 11.6 Å². The smallest absolute Gasteiger partial charge is 0.238 e. The fourth-order valence-electron chi connectivity index (χ4n) is 1.74. The molecule has 6 heteroatoms. The number of hydrogen-bond donors (Lipinski definition) is 1. The third-order valence-electron chi connectivity index (χ3n) is 2.67. The minimum absolute atomic E-state index is 0.225. The van der Waals surface area contributed by atoms with Crippen LogP contribution in [0.15, 0.2) is 18.2 Å². The molecule has 0 radical (unpaired) electrons. The van der Waals surface area contributed by atoms with Gasteiger partial charge in [0.1, 0.15) is 0 Å². The number of rotatable bonds is 3. The molecule has 1 aliphatic heterocycles. The summed E-state index contributed by atoms with van der Waals surface area (Å²) >= 11 is 0. The van der Waals surface area contributed by atoms with E-state index >= 15 is 0 Å². The second-order valence-electron chi connectivity index (χ2n) is 4.07. The van der Waals surface area contributed by atoms with Crippen molar-refractivity contribution in [2.75, 3.05) is 38.2 Å². The summed E-state index contributed by atoms with van der Waals surface area (Å²) in [4.78, 5) is 13.6. The summed E-state index contributed by atoms with van der Waals surface area (Å²) in [5.41, 5.74) is 0.257. The van der Waals surface area contributed by atoms with E-state index < -0.39 is 11.6 Å². The van der Waals surface area contributed by atoms with E-state index in [1.54, 1.807) is 0 Å². The van der Waals surface area contributed by atoms with Crippen LogP contribution in [-0.2, 0) is 9.53 Å². The first-order valence-electron chi connectivity index (χ1n) is 5.70. The predicted molar refractivity (Wildman–Crippen MR) is 62.2 cm³/mol. The first kappa shape index (κ1) is 12.9. The molecule has 1 saturated heterocycles. The number of nitrogens with one attached hydrogen (secondary N) is 1. The standard InChI is InChI=1S/C12H14F2N2O2/c13-10-2-1-9(7-11(10)14)15-12(17)8-16-3-5-18-6-4-16/h1-2,7H,3-6,8H2,(H,15,17). The van der Waals surface area contributed by atoms with E-state index in [2.05, 4.69) is 5.32 Å². The third-order valence-corrected chi connectivity index (χ3v) is 2.67. The molecule has 1 amide bonds. The molecular weight excluding hydrogens is 242 g/mol. The molecule has 0 aliphatic carbocycles. The zero-order valence-corrected chi connectivity index (χ0v) is 9.79. The highest BCUT2D eigenvalue weighted by atomic mass is 19.2. The fourth-order valence-corrected chi connectivity index (χ4v) is 1.74. The van der Waals surface area contributed by atoms with Crippen molar-refractivity contribution in [2.45, 2.75) is 0 Å². The lowest BCUT2D eigenvalue weighted by molar-refractivity contribution is -0.118. The van der Waals surface area contributed by atoms with Crippen LogP contribution in [0.5, 0.6) is 0 Å². The zero-order chi connectivity index (χ0) is 13.0. The summed E-state index contributed by atoms with van der Waals surface area (Å²) in [5.74, 6) is -2.15. The van der Waals surface area contributed by atoms with Crippen molar-refractivity contribution in [2.24, 2.45) is 0 Å². The predicted octanol–water partition coefficient (Wildman–Crippen LogP) is 1.24. The molecule has 0 atom stereocenters. The lowest BCUT2D eigenvalue weighted by atomic mass is 10.3. The monoisotopic (exact) mass is 256 g/mol. The number of amides is 1. The fraction of sp³-hybridized carbons (Fsp3) is 0.417. The van der Waals surface area contributed by atoms with Crippen molar-refractivity contribution in [1.82, 2.24) is 4.90 Å². The average Bonchev–Trinajstić information content (AvgIpc) is 2.35. The number of benzene rings is 1. The Hall–Kier alpha value is -1.53. The number of carbonyl (C=O) groups excluding carboxylic acids is 1. The second kappa shape index (κ2) is 5.88. The molecule has 1 aromatic rings. The first-order chi connectivity index (χ1) is 8.65. The van der Waals surface area contributed by atoms with Crippen LogP contribution in [0.1, 0.15) is 0 Å². The van der Waals surface area contributed by atoms with Crippen LogP contribution in [0.4, 0.5) is 14.5 Å². The van der Waals surface area contributed by atoms with Crippen LogP contribution in [0.25, 0.3) is 0 Å². The number of anilines is 1. The minimum Gasteiger partial charge on any atom is -0.379 e. The van der Waals surface area contributed by atoms with Crippen LogP contribution >= 0.6 is 0 Å². The summed E-state index contributed by atoms with van der Waals surface area (Å²) in [5, 5.41) is 2.53. The molecular formula is C12H14F2N2O2. The van der Waals surface area contributed by atoms with E-state index in [0.717, 1.165) is 12.1 Å². The van der Waals surface area contributed by atoms with Gasteiger partial charge in [0.15, 0.2) is 11.6 Å². The van der Waals surface area contributed by atoms with Gasteiger partial charge < -0.3 is 10.1 Å². The quantitative estimate of drug-likeness (QED) is 0.884. The molecule has 1 fully saturated rings. The van der Waals surface area contributed by atoms with E-state index in [9.17, 15) is 13.6 Å². The number of carbonyl (C=O) groups is 1. The number of hydrogen-bond acceptors (Lipinski definition) is 3. The molecule has 0 unspecified atom stereocenters. The molecule has 1 aromatic carbocycles. The molecule has 0 bridgehead atoms. The van der Waals surface area contributed by atoms with Crippen molar-refractivity contribution in [3.63, 3.8) is 0 Å². The van der Waals surface area contributed by atoms with Gasteiger partial charge in [-0.15, -0.1) is 0 Å². The van der Waals surface area contributed by atoms with Crippen molar-refractivity contribution < 1.29 is 18.3 Å². The van der Waals surface area contributed by atoms with Gasteiger partial charge >= 0.3 is 0 Å². The second-order valence-corrected chi connectivity index (χ2v) is 4.07. The summed E-state index contributed by atoms with van der Waals surface area (Å²) in [6.07, 6.45) is 0. The van der Waals surface area contributed by atoms with Gasteiger partial charge in [-0.05, 0) is 12.1 Å². The highest BCUT2D eigenvalue weighted by Gasteiger charge is 2.14. The Morgan fingerprint density at radius 2 is 2.00 bits per heavy atom. The molecule has 1 aliphatic rings. The normalized spacial score (nSPS) is 16.6. The Kier molecular flexibility index (Phi) is 4.22. The van der Waals surface area contributed by atoms with E-state index in [0.29, 0.717) is 26.3 Å². The maximum atomic E-state index is 12.9. The Bertz CT molecular complexity index is 434. The molecule has 0 aromatic heterocycles. The van der Waals surface area contributed by atoms with E-state index in [4.69, 9.17) is 4.74 Å². The SMILES string of the molecule is O=C(CN1CCOCC1)Nc1ccc(F)c(F)c1. The van der Waals surface area contributed by atoms with Gasteiger partial charge in [-0.25, -0.2) is 8.78 Å². The van der Waals surface area contributed by atoms with Gasteiger partial charge in [0.25, 0.3) is 0 Å². The largest absolute Gasteiger partial charge is 0.379 e. The van der Waals surface area contributed by atoms with Gasteiger partial charge in [-0.1, -0.05) is 0 Å². The Morgan fingerprint density at radius 3 is 2.67 bits per heavy atom. The van der Waals surface area contributed by atoms with Crippen LogP contribution in [0, 0.1) is 11.6 Å². The molecule has 1 heterocycles. The zero-order valence-electron chi connectivity index (χ0n) is 9.79. The summed E-state index contributed by atoms with van der Waals surface area (Å²) in [6.45, 7) is 2.84. The maximum absolute atomic E-state index is 12.9. The molecule has 4 nitrogen and oxygen atoms in total. The van der Waals surface area contributed by atoms with Crippen LogP contribution in [0.2, 0.25) is 0 Å². The first-order valence-corrected chi connectivity index (χ1v) is 5.70. The van der Waals surface area contributed by atoms with E-state index in [1.807, 2.05) is 4.90 Å².